The summed E-state index contributed by atoms with van der Waals surface area (Å²) in [4.78, 5) is 21.4. The van der Waals surface area contributed by atoms with Crippen molar-refractivity contribution in [2.45, 2.75) is 19.5 Å². The van der Waals surface area contributed by atoms with Gasteiger partial charge in [-0.2, -0.15) is 0 Å². The van der Waals surface area contributed by atoms with Crippen molar-refractivity contribution < 1.29 is 4.79 Å². The average Bonchev–Trinajstić information content (AvgIpc) is 2.68. The lowest BCUT2D eigenvalue weighted by Gasteiger charge is -2.33. The molecule has 2 N–H and O–H groups in total. The molecule has 1 aliphatic heterocycles. The number of nitrogens with zero attached hydrogens (tertiary/aromatic N) is 3. The summed E-state index contributed by atoms with van der Waals surface area (Å²) < 4.78 is 0.987. The van der Waals surface area contributed by atoms with Crippen LogP contribution in [0.4, 0.5) is 10.6 Å². The maximum absolute atomic E-state index is 12.2. The van der Waals surface area contributed by atoms with Crippen molar-refractivity contribution in [3.8, 4) is 0 Å². The highest BCUT2D eigenvalue weighted by Crippen LogP contribution is 2.22. The van der Waals surface area contributed by atoms with Gasteiger partial charge in [-0.3, -0.25) is 0 Å². The topological polar surface area (TPSA) is 60.5 Å². The number of nitrogens with one attached hydrogen (secondary N) is 2. The molecule has 2 aromatic rings. The molecular weight excluding hydrogens is 406 g/mol. The van der Waals surface area contributed by atoms with Crippen molar-refractivity contribution in [2.24, 2.45) is 0 Å². The summed E-state index contributed by atoms with van der Waals surface area (Å²) in [5, 5.41) is 5.86. The highest BCUT2D eigenvalue weighted by Gasteiger charge is 2.15. The predicted octanol–water partition coefficient (Wildman–Crippen LogP) is 3.16. The molecule has 27 heavy (non-hydrogen) atoms. The lowest BCUT2D eigenvalue weighted by atomic mass is 10.1. The first-order chi connectivity index (χ1) is 13.0. The summed E-state index contributed by atoms with van der Waals surface area (Å²) in [5.41, 5.74) is 2.03. The van der Waals surface area contributed by atoms with Gasteiger partial charge in [0.25, 0.3) is 0 Å². The highest BCUT2D eigenvalue weighted by atomic mass is 79.9. The van der Waals surface area contributed by atoms with E-state index in [0.717, 1.165) is 47.6 Å². The summed E-state index contributed by atoms with van der Waals surface area (Å²) in [7, 11) is 2.14. The summed E-state index contributed by atoms with van der Waals surface area (Å²) in [6.45, 7) is 6.52. The first-order valence-corrected chi connectivity index (χ1v) is 9.99. The van der Waals surface area contributed by atoms with Crippen molar-refractivity contribution in [1.82, 2.24) is 20.5 Å². The molecular formula is C20H26BrN5O. The highest BCUT2D eigenvalue weighted by molar-refractivity contribution is 9.10. The third kappa shape index (κ3) is 5.43. The molecule has 0 bridgehead atoms. The number of urea groups is 1. The zero-order valence-electron chi connectivity index (χ0n) is 15.8. The Labute approximate surface area is 169 Å². The number of benzene rings is 1. The molecule has 0 radical (unpaired) electrons. The molecule has 1 saturated heterocycles. The van der Waals surface area contributed by atoms with Crippen molar-refractivity contribution in [2.75, 3.05) is 38.1 Å². The molecule has 2 heterocycles. The number of rotatable bonds is 5. The first-order valence-electron chi connectivity index (χ1n) is 9.20. The zero-order valence-corrected chi connectivity index (χ0v) is 17.4. The van der Waals surface area contributed by atoms with Crippen LogP contribution in [0.5, 0.6) is 0 Å². The van der Waals surface area contributed by atoms with E-state index in [1.165, 1.54) is 0 Å². The minimum absolute atomic E-state index is 0.0849. The second-order valence-electron chi connectivity index (χ2n) is 6.89. The Kier molecular flexibility index (Phi) is 6.68. The molecule has 0 spiro atoms. The van der Waals surface area contributed by atoms with Gasteiger partial charge in [-0.05, 0) is 37.2 Å². The van der Waals surface area contributed by atoms with Gasteiger partial charge in [-0.25, -0.2) is 9.78 Å². The van der Waals surface area contributed by atoms with Crippen molar-refractivity contribution in [3.05, 3.63) is 58.2 Å². The fourth-order valence-corrected chi connectivity index (χ4v) is 3.71. The number of hydrogen-bond donors (Lipinski definition) is 2. The lowest BCUT2D eigenvalue weighted by Crippen LogP contribution is -2.44. The van der Waals surface area contributed by atoms with Crippen LogP contribution < -0.4 is 15.5 Å². The normalized spacial score (nSPS) is 16.0. The third-order valence-electron chi connectivity index (χ3n) is 4.81. The van der Waals surface area contributed by atoms with E-state index in [1.807, 2.05) is 49.5 Å². The van der Waals surface area contributed by atoms with E-state index in [0.29, 0.717) is 6.54 Å². The fourth-order valence-electron chi connectivity index (χ4n) is 3.08. The number of hydrogen-bond acceptors (Lipinski definition) is 4. The van der Waals surface area contributed by atoms with Crippen LogP contribution in [0.15, 0.2) is 47.1 Å². The van der Waals surface area contributed by atoms with Gasteiger partial charge in [-0.15, -0.1) is 0 Å². The minimum atomic E-state index is -0.193. The van der Waals surface area contributed by atoms with E-state index >= 15 is 0 Å². The number of aromatic nitrogens is 1. The molecule has 1 aromatic heterocycles. The third-order valence-corrected chi connectivity index (χ3v) is 5.53. The number of carbonyl (C=O) groups excluding carboxylic acids is 1. The van der Waals surface area contributed by atoms with Crippen molar-refractivity contribution in [3.63, 3.8) is 0 Å². The Bertz CT molecular complexity index is 759. The van der Waals surface area contributed by atoms with E-state index in [-0.39, 0.29) is 12.1 Å². The van der Waals surface area contributed by atoms with Gasteiger partial charge in [0.1, 0.15) is 5.82 Å². The summed E-state index contributed by atoms with van der Waals surface area (Å²) >= 11 is 3.52. The number of halogens is 1. The number of pyridine rings is 1. The van der Waals surface area contributed by atoms with Crippen LogP contribution in [0.2, 0.25) is 0 Å². The summed E-state index contributed by atoms with van der Waals surface area (Å²) in [6, 6.07) is 11.7. The van der Waals surface area contributed by atoms with Gasteiger partial charge >= 0.3 is 6.03 Å². The molecule has 3 rings (SSSR count). The molecule has 144 valence electrons. The molecule has 0 aliphatic carbocycles. The Morgan fingerprint density at radius 1 is 1.19 bits per heavy atom. The van der Waals surface area contributed by atoms with Crippen LogP contribution in [0.1, 0.15) is 24.1 Å². The van der Waals surface area contributed by atoms with Crippen molar-refractivity contribution in [1.29, 1.82) is 0 Å². The molecule has 1 unspecified atom stereocenters. The van der Waals surface area contributed by atoms with E-state index in [9.17, 15) is 4.79 Å². The number of likely N-dealkylation sites (N-methyl/N-ethyl adjacent to an activating group) is 1. The number of amides is 2. The van der Waals surface area contributed by atoms with Crippen LogP contribution in [0, 0.1) is 0 Å². The summed E-state index contributed by atoms with van der Waals surface area (Å²) in [5.74, 6) is 0.999. The van der Waals surface area contributed by atoms with E-state index in [1.54, 1.807) is 0 Å². The van der Waals surface area contributed by atoms with Crippen molar-refractivity contribution >= 4 is 27.8 Å². The second-order valence-corrected chi connectivity index (χ2v) is 7.74. The first kappa shape index (κ1) is 19.6. The smallest absolute Gasteiger partial charge is 0.315 e. The Morgan fingerprint density at radius 3 is 2.59 bits per heavy atom. The molecule has 0 saturated carbocycles. The SMILES string of the molecule is CC(NC(=O)NCc1ccc(N2CCN(C)CC2)nc1)c1ccccc1Br. The largest absolute Gasteiger partial charge is 0.354 e. The maximum Gasteiger partial charge on any atom is 0.315 e. The van der Waals surface area contributed by atoms with Crippen LogP contribution in [-0.2, 0) is 6.54 Å². The number of anilines is 1. The Balaban J connectivity index is 1.48. The van der Waals surface area contributed by atoms with Crippen LogP contribution in [0.3, 0.4) is 0 Å². The molecule has 7 heteroatoms. The van der Waals surface area contributed by atoms with Crippen LogP contribution in [0.25, 0.3) is 0 Å². The van der Waals surface area contributed by atoms with Gasteiger partial charge in [-0.1, -0.05) is 40.2 Å². The van der Waals surface area contributed by atoms with Gasteiger partial charge in [0.15, 0.2) is 0 Å². The average molecular weight is 432 g/mol. The molecule has 1 fully saturated rings. The number of piperazine rings is 1. The monoisotopic (exact) mass is 431 g/mol. The van der Waals surface area contributed by atoms with Gasteiger partial charge in [0.2, 0.25) is 0 Å². The molecule has 1 aliphatic rings. The van der Waals surface area contributed by atoms with E-state index in [4.69, 9.17) is 0 Å². The predicted molar refractivity (Wildman–Crippen MR) is 112 cm³/mol. The molecule has 2 amide bonds. The van der Waals surface area contributed by atoms with Crippen LogP contribution in [-0.4, -0.2) is 49.1 Å². The second kappa shape index (κ2) is 9.19. The molecule has 1 aromatic carbocycles. The van der Waals surface area contributed by atoms with Crippen LogP contribution >= 0.6 is 15.9 Å². The van der Waals surface area contributed by atoms with E-state index in [2.05, 4.69) is 48.4 Å². The van der Waals surface area contributed by atoms with Gasteiger partial charge < -0.3 is 20.4 Å². The Hall–Kier alpha value is -2.12. The number of carbonyl (C=O) groups is 1. The van der Waals surface area contributed by atoms with Gasteiger partial charge in [0, 0.05) is 43.4 Å². The fraction of sp³-hybridized carbons (Fsp3) is 0.400. The minimum Gasteiger partial charge on any atom is -0.354 e. The summed E-state index contributed by atoms with van der Waals surface area (Å²) in [6.07, 6.45) is 1.84. The van der Waals surface area contributed by atoms with E-state index < -0.39 is 0 Å². The molecule has 1 atom stereocenters. The standard InChI is InChI=1S/C20H26BrN5O/c1-15(17-5-3-4-6-18(17)21)24-20(27)23-14-16-7-8-19(22-13-16)26-11-9-25(2)10-12-26/h3-8,13,15H,9-12,14H2,1-2H3,(H2,23,24,27). The molecule has 6 nitrogen and oxygen atoms in total. The van der Waals surface area contributed by atoms with Gasteiger partial charge in [0.05, 0.1) is 6.04 Å². The quantitative estimate of drug-likeness (QED) is 0.762. The lowest BCUT2D eigenvalue weighted by molar-refractivity contribution is 0.237. The maximum atomic E-state index is 12.2. The zero-order chi connectivity index (χ0) is 19.2. The Morgan fingerprint density at radius 2 is 1.93 bits per heavy atom.